The largest absolute Gasteiger partial charge is 0.390 e. The zero-order valence-corrected chi connectivity index (χ0v) is 13.4. The Labute approximate surface area is 136 Å². The number of nitrogens with zero attached hydrogens (tertiary/aromatic N) is 2. The molecule has 4 atom stereocenters. The normalized spacial score (nSPS) is 46.6. The smallest absolute Gasteiger partial charge is 0.342 e. The van der Waals surface area contributed by atoms with Crippen molar-refractivity contribution in [1.29, 1.82) is 5.26 Å². The first-order chi connectivity index (χ1) is 10.9. The fraction of sp³-hybridized carbons (Fsp3) is 0.882. The van der Waals surface area contributed by atoms with Crippen LogP contribution in [-0.4, -0.2) is 40.4 Å². The third-order valence-corrected chi connectivity index (χ3v) is 6.55. The summed E-state index contributed by atoms with van der Waals surface area (Å²) in [4.78, 5) is 18.1. The highest BCUT2D eigenvalue weighted by molar-refractivity contribution is 5.76. The highest BCUT2D eigenvalue weighted by Gasteiger charge is 2.60. The Morgan fingerprint density at radius 3 is 2.65 bits per heavy atom. The van der Waals surface area contributed by atoms with Crippen molar-refractivity contribution in [3.8, 4) is 6.07 Å². The molecular weight excluding hydrogens is 294 g/mol. The quantitative estimate of drug-likeness (QED) is 0.808. The molecule has 0 aromatic rings. The summed E-state index contributed by atoms with van der Waals surface area (Å²) in [7, 11) is 0. The van der Waals surface area contributed by atoms with Gasteiger partial charge in [-0.1, -0.05) is 0 Å². The van der Waals surface area contributed by atoms with Crippen molar-refractivity contribution in [2.24, 2.45) is 23.0 Å². The lowest BCUT2D eigenvalue weighted by atomic mass is 9.46. The van der Waals surface area contributed by atoms with Gasteiger partial charge in [0.15, 0.2) is 0 Å². The van der Waals surface area contributed by atoms with Crippen LogP contribution in [0.4, 0.5) is 0 Å². The Morgan fingerprint density at radius 1 is 1.35 bits per heavy atom. The maximum atomic E-state index is 12.6. The van der Waals surface area contributed by atoms with Gasteiger partial charge in [-0.15, -0.1) is 5.06 Å². The van der Waals surface area contributed by atoms with Crippen LogP contribution in [0.2, 0.25) is 0 Å². The van der Waals surface area contributed by atoms with Crippen LogP contribution < -0.4 is 5.73 Å². The molecule has 5 rings (SSSR count). The van der Waals surface area contributed by atoms with Gasteiger partial charge in [0.05, 0.1) is 11.7 Å². The molecule has 0 amide bonds. The van der Waals surface area contributed by atoms with Gasteiger partial charge >= 0.3 is 5.97 Å². The van der Waals surface area contributed by atoms with E-state index in [0.717, 1.165) is 44.9 Å². The standard InChI is InChI=1S/C17H25N3O3/c18-9-13-2-1-3-20(13)23-15(21)14(19)16-5-11-4-12(6-16)8-17(22,7-11)10-16/h11-14,22H,1-8,10,19H2. The minimum absolute atomic E-state index is 0.322. The molecule has 1 aliphatic heterocycles. The number of nitriles is 1. The van der Waals surface area contributed by atoms with E-state index in [-0.39, 0.29) is 11.5 Å². The molecule has 6 heteroatoms. The van der Waals surface area contributed by atoms with Crippen molar-refractivity contribution in [3.05, 3.63) is 0 Å². The van der Waals surface area contributed by atoms with Crippen molar-refractivity contribution < 1.29 is 14.7 Å². The summed E-state index contributed by atoms with van der Waals surface area (Å²) in [6.45, 7) is 0.596. The third-order valence-electron chi connectivity index (χ3n) is 6.55. The predicted octanol–water partition coefficient (Wildman–Crippen LogP) is 1.09. The van der Waals surface area contributed by atoms with Gasteiger partial charge < -0.3 is 15.7 Å². The van der Waals surface area contributed by atoms with Crippen LogP contribution in [0.15, 0.2) is 0 Å². The van der Waals surface area contributed by atoms with E-state index in [0.29, 0.717) is 24.8 Å². The molecule has 3 N–H and O–H groups in total. The number of hydrogen-bond donors (Lipinski definition) is 2. The molecule has 23 heavy (non-hydrogen) atoms. The maximum absolute atomic E-state index is 12.6. The van der Waals surface area contributed by atoms with Crippen LogP contribution in [-0.2, 0) is 9.63 Å². The zero-order chi connectivity index (χ0) is 16.2. The first-order valence-corrected chi connectivity index (χ1v) is 8.79. The first kappa shape index (κ1) is 15.4. The van der Waals surface area contributed by atoms with E-state index in [9.17, 15) is 9.90 Å². The molecule has 126 valence electrons. The van der Waals surface area contributed by atoms with E-state index in [2.05, 4.69) is 6.07 Å². The minimum Gasteiger partial charge on any atom is -0.390 e. The summed E-state index contributed by atoms with van der Waals surface area (Å²) in [5, 5.41) is 21.4. The van der Waals surface area contributed by atoms with Gasteiger partial charge in [-0.05, 0) is 68.6 Å². The molecular formula is C17H25N3O3. The molecule has 6 nitrogen and oxygen atoms in total. The summed E-state index contributed by atoms with van der Waals surface area (Å²) >= 11 is 0. The van der Waals surface area contributed by atoms with Crippen LogP contribution in [0.1, 0.15) is 51.4 Å². The van der Waals surface area contributed by atoms with Crippen LogP contribution in [0, 0.1) is 28.6 Å². The molecule has 5 aliphatic rings. The third kappa shape index (κ3) is 2.46. The number of carbonyl (C=O) groups is 1. The van der Waals surface area contributed by atoms with Gasteiger partial charge in [-0.25, -0.2) is 4.79 Å². The van der Waals surface area contributed by atoms with Gasteiger partial charge in [-0.2, -0.15) is 5.26 Å². The fourth-order valence-corrected chi connectivity index (χ4v) is 6.05. The lowest BCUT2D eigenvalue weighted by Crippen LogP contribution is -2.63. The molecule has 0 spiro atoms. The van der Waals surface area contributed by atoms with Crippen LogP contribution >= 0.6 is 0 Å². The zero-order valence-electron chi connectivity index (χ0n) is 13.4. The number of hydroxylamine groups is 2. The van der Waals surface area contributed by atoms with Gasteiger partial charge in [0, 0.05) is 6.54 Å². The highest BCUT2D eigenvalue weighted by Crippen LogP contribution is 2.62. The van der Waals surface area contributed by atoms with Crippen molar-refractivity contribution in [2.75, 3.05) is 6.54 Å². The molecule has 0 aromatic heterocycles. The average molecular weight is 319 g/mol. The second-order valence-electron chi connectivity index (χ2n) is 8.36. The fourth-order valence-electron chi connectivity index (χ4n) is 6.05. The van der Waals surface area contributed by atoms with E-state index in [1.807, 2.05) is 0 Å². The molecule has 0 aromatic carbocycles. The first-order valence-electron chi connectivity index (χ1n) is 8.79. The minimum atomic E-state index is -0.708. The molecule has 4 saturated carbocycles. The van der Waals surface area contributed by atoms with E-state index in [4.69, 9.17) is 15.8 Å². The van der Waals surface area contributed by atoms with Gasteiger partial charge in [0.25, 0.3) is 0 Å². The number of hydrogen-bond acceptors (Lipinski definition) is 6. The van der Waals surface area contributed by atoms with E-state index in [1.54, 1.807) is 0 Å². The van der Waals surface area contributed by atoms with Crippen molar-refractivity contribution in [2.45, 2.75) is 69.1 Å². The summed E-state index contributed by atoms with van der Waals surface area (Å²) in [5.41, 5.74) is 5.39. The molecule has 5 fully saturated rings. The number of nitrogens with two attached hydrogens (primary N) is 1. The second-order valence-corrected chi connectivity index (χ2v) is 8.36. The van der Waals surface area contributed by atoms with Gasteiger partial charge in [0.1, 0.15) is 12.1 Å². The number of carbonyl (C=O) groups excluding carboxylic acids is 1. The SMILES string of the molecule is N#CC1CCCN1OC(=O)C(N)C12CC3CC(CC(O)(C3)C1)C2. The lowest BCUT2D eigenvalue weighted by Gasteiger charge is -2.61. The molecule has 4 unspecified atom stereocenters. The predicted molar refractivity (Wildman–Crippen MR) is 81.5 cm³/mol. The van der Waals surface area contributed by atoms with Gasteiger partial charge in [0.2, 0.25) is 0 Å². The Kier molecular flexibility index (Phi) is 3.45. The summed E-state index contributed by atoms with van der Waals surface area (Å²) in [5.74, 6) is 0.537. The van der Waals surface area contributed by atoms with Crippen molar-refractivity contribution >= 4 is 5.97 Å². The molecule has 4 bridgehead atoms. The van der Waals surface area contributed by atoms with Crippen molar-refractivity contribution in [3.63, 3.8) is 0 Å². The monoisotopic (exact) mass is 319 g/mol. The lowest BCUT2D eigenvalue weighted by molar-refractivity contribution is -0.208. The van der Waals surface area contributed by atoms with Crippen LogP contribution in [0.25, 0.3) is 0 Å². The van der Waals surface area contributed by atoms with Gasteiger partial charge in [-0.3, -0.25) is 0 Å². The molecule has 4 aliphatic carbocycles. The van der Waals surface area contributed by atoms with E-state index < -0.39 is 17.6 Å². The average Bonchev–Trinajstić information content (AvgIpc) is 2.91. The summed E-state index contributed by atoms with van der Waals surface area (Å²) in [6, 6.07) is 1.10. The Morgan fingerprint density at radius 2 is 2.04 bits per heavy atom. The second kappa shape index (κ2) is 5.17. The highest BCUT2D eigenvalue weighted by atomic mass is 16.7. The van der Waals surface area contributed by atoms with Crippen molar-refractivity contribution in [1.82, 2.24) is 5.06 Å². The molecule has 0 radical (unpaired) electrons. The van der Waals surface area contributed by atoms with Crippen LogP contribution in [0.3, 0.4) is 0 Å². The summed E-state index contributed by atoms with van der Waals surface area (Å²) in [6.07, 6.45) is 6.92. The summed E-state index contributed by atoms with van der Waals surface area (Å²) < 4.78 is 0. The molecule has 1 saturated heterocycles. The topological polar surface area (TPSA) is 99.6 Å². The number of rotatable bonds is 3. The van der Waals surface area contributed by atoms with E-state index >= 15 is 0 Å². The van der Waals surface area contributed by atoms with Crippen LogP contribution in [0.5, 0.6) is 0 Å². The van der Waals surface area contributed by atoms with E-state index in [1.165, 1.54) is 5.06 Å². The Balaban J connectivity index is 1.49. The Bertz CT molecular complexity index is 544. The number of aliphatic hydroxyl groups is 1. The molecule has 1 heterocycles. The Hall–Kier alpha value is -1.16. The maximum Gasteiger partial charge on any atom is 0.342 e.